The van der Waals surface area contributed by atoms with Gasteiger partial charge in [0.1, 0.15) is 22.0 Å². The van der Waals surface area contributed by atoms with E-state index in [0.717, 1.165) is 28.4 Å². The van der Waals surface area contributed by atoms with Crippen LogP contribution in [-0.4, -0.2) is 9.97 Å². The van der Waals surface area contributed by atoms with Gasteiger partial charge in [-0.25, -0.2) is 9.78 Å². The fourth-order valence-electron chi connectivity index (χ4n) is 3.70. The number of thiophene rings is 1. The highest BCUT2D eigenvalue weighted by atomic mass is 32.1. The zero-order valence-electron chi connectivity index (χ0n) is 15.1. The van der Waals surface area contributed by atoms with Crippen LogP contribution in [0.3, 0.4) is 0 Å². The average Bonchev–Trinajstić information content (AvgIpc) is 2.98. The predicted octanol–water partition coefficient (Wildman–Crippen LogP) is 5.02. The van der Waals surface area contributed by atoms with E-state index >= 15 is 0 Å². The third-order valence-electron chi connectivity index (χ3n) is 5.04. The van der Waals surface area contributed by atoms with Crippen LogP contribution in [0.5, 0.6) is 11.6 Å². The van der Waals surface area contributed by atoms with Crippen molar-refractivity contribution >= 4 is 32.5 Å². The Hall–Kier alpha value is -2.73. The minimum Gasteiger partial charge on any atom is -0.438 e. The predicted molar refractivity (Wildman–Crippen MR) is 106 cm³/mol. The molecule has 0 radical (unpaired) electrons. The summed E-state index contributed by atoms with van der Waals surface area (Å²) in [7, 11) is 0. The van der Waals surface area contributed by atoms with E-state index in [0.29, 0.717) is 29.0 Å². The van der Waals surface area contributed by atoms with Gasteiger partial charge >= 0.3 is 5.63 Å². The molecule has 5 rings (SSSR count). The largest absolute Gasteiger partial charge is 0.438 e. The molecule has 0 saturated carbocycles. The molecule has 1 aliphatic carbocycles. The first-order valence-electron chi connectivity index (χ1n) is 9.07. The Labute approximate surface area is 159 Å². The molecule has 5 nitrogen and oxygen atoms in total. The summed E-state index contributed by atoms with van der Waals surface area (Å²) in [5, 5.41) is 1.88. The number of aryl methyl sites for hydroxylation is 2. The van der Waals surface area contributed by atoms with Crippen molar-refractivity contribution in [1.29, 1.82) is 0 Å². The van der Waals surface area contributed by atoms with Crippen molar-refractivity contribution in [3.05, 3.63) is 57.0 Å². The highest BCUT2D eigenvalue weighted by Crippen LogP contribution is 2.41. The summed E-state index contributed by atoms with van der Waals surface area (Å²) < 4.78 is 11.4. The van der Waals surface area contributed by atoms with E-state index < -0.39 is 0 Å². The molecule has 27 heavy (non-hydrogen) atoms. The molecule has 0 N–H and O–H groups in total. The van der Waals surface area contributed by atoms with Crippen molar-refractivity contribution in [3.8, 4) is 11.6 Å². The van der Waals surface area contributed by atoms with Crippen LogP contribution in [0.25, 0.3) is 21.2 Å². The van der Waals surface area contributed by atoms with Gasteiger partial charge in [-0.05, 0) is 55.9 Å². The SMILES string of the molecule is Cc1nc(Oc2ccc3ccc(=O)oc3c2)c2c3c(sc2n1)CC(C)CC3. The Morgan fingerprint density at radius 1 is 1.22 bits per heavy atom. The normalized spacial score (nSPS) is 16.6. The summed E-state index contributed by atoms with van der Waals surface area (Å²) in [6.07, 6.45) is 3.30. The molecule has 3 heterocycles. The lowest BCUT2D eigenvalue weighted by atomic mass is 9.89. The van der Waals surface area contributed by atoms with Gasteiger partial charge in [0, 0.05) is 22.4 Å². The van der Waals surface area contributed by atoms with Gasteiger partial charge in [0.15, 0.2) is 0 Å². The highest BCUT2D eigenvalue weighted by molar-refractivity contribution is 7.18. The van der Waals surface area contributed by atoms with Gasteiger partial charge in [-0.3, -0.25) is 0 Å². The molecule has 0 spiro atoms. The first kappa shape index (κ1) is 16.4. The molecular weight excluding hydrogens is 360 g/mol. The lowest BCUT2D eigenvalue weighted by molar-refractivity contribution is 0.463. The Balaban J connectivity index is 1.63. The van der Waals surface area contributed by atoms with Gasteiger partial charge in [0.05, 0.1) is 5.39 Å². The van der Waals surface area contributed by atoms with E-state index in [1.807, 2.05) is 19.1 Å². The van der Waals surface area contributed by atoms with E-state index in [9.17, 15) is 4.79 Å². The quantitative estimate of drug-likeness (QED) is 0.458. The molecule has 0 bridgehead atoms. The van der Waals surface area contributed by atoms with Crippen LogP contribution in [0.1, 0.15) is 29.6 Å². The van der Waals surface area contributed by atoms with Crippen LogP contribution >= 0.6 is 11.3 Å². The lowest BCUT2D eigenvalue weighted by Gasteiger charge is -2.18. The Bertz CT molecular complexity index is 1240. The number of fused-ring (bicyclic) bond motifs is 4. The fraction of sp³-hybridized carbons (Fsp3) is 0.286. The number of ether oxygens (including phenoxy) is 1. The smallest absolute Gasteiger partial charge is 0.336 e. The standard InChI is InChI=1S/C21H18N2O3S/c1-11-3-7-15-17(9-11)27-21-19(15)20(22-12(2)23-21)25-14-6-4-13-5-8-18(24)26-16(13)10-14/h4-6,8,10-11H,3,7,9H2,1-2H3. The molecule has 1 unspecified atom stereocenters. The van der Waals surface area contributed by atoms with E-state index in [2.05, 4.69) is 16.9 Å². The minimum absolute atomic E-state index is 0.374. The van der Waals surface area contributed by atoms with Gasteiger partial charge in [0.2, 0.25) is 5.88 Å². The minimum atomic E-state index is -0.374. The number of rotatable bonds is 2. The number of hydrogen-bond donors (Lipinski definition) is 0. The Morgan fingerprint density at radius 2 is 2.07 bits per heavy atom. The zero-order chi connectivity index (χ0) is 18.5. The summed E-state index contributed by atoms with van der Waals surface area (Å²) in [5.74, 6) is 2.58. The van der Waals surface area contributed by atoms with Crippen molar-refractivity contribution in [3.63, 3.8) is 0 Å². The van der Waals surface area contributed by atoms with Gasteiger partial charge in [-0.15, -0.1) is 11.3 Å². The monoisotopic (exact) mass is 378 g/mol. The number of benzene rings is 1. The van der Waals surface area contributed by atoms with Gasteiger partial charge in [-0.2, -0.15) is 4.98 Å². The van der Waals surface area contributed by atoms with E-state index in [-0.39, 0.29) is 5.63 Å². The van der Waals surface area contributed by atoms with Crippen LogP contribution in [0.4, 0.5) is 0 Å². The van der Waals surface area contributed by atoms with Crippen molar-refractivity contribution < 1.29 is 9.15 Å². The number of nitrogens with zero attached hydrogens (tertiary/aromatic N) is 2. The second-order valence-corrected chi connectivity index (χ2v) is 8.25. The molecule has 1 aliphatic rings. The van der Waals surface area contributed by atoms with Gasteiger partial charge in [-0.1, -0.05) is 6.92 Å². The number of aromatic nitrogens is 2. The van der Waals surface area contributed by atoms with Crippen LogP contribution in [0, 0.1) is 12.8 Å². The summed E-state index contributed by atoms with van der Waals surface area (Å²) in [5.41, 5.74) is 1.46. The molecule has 136 valence electrons. The average molecular weight is 378 g/mol. The van der Waals surface area contributed by atoms with Gasteiger partial charge < -0.3 is 9.15 Å². The van der Waals surface area contributed by atoms with Crippen molar-refractivity contribution in [2.45, 2.75) is 33.1 Å². The summed E-state index contributed by atoms with van der Waals surface area (Å²) >= 11 is 1.76. The maximum absolute atomic E-state index is 11.5. The molecular formula is C21H18N2O3S. The summed E-state index contributed by atoms with van der Waals surface area (Å²) in [6.45, 7) is 4.18. The molecule has 0 saturated heterocycles. The molecule has 6 heteroatoms. The molecule has 1 aromatic carbocycles. The van der Waals surface area contributed by atoms with Crippen molar-refractivity contribution in [2.24, 2.45) is 5.92 Å². The van der Waals surface area contributed by atoms with E-state index in [1.54, 1.807) is 23.5 Å². The third kappa shape index (κ3) is 2.90. The molecule has 1 atom stereocenters. The molecule has 0 fully saturated rings. The van der Waals surface area contributed by atoms with Gasteiger partial charge in [0.25, 0.3) is 0 Å². The fourth-order valence-corrected chi connectivity index (χ4v) is 5.12. The van der Waals surface area contributed by atoms with E-state index in [4.69, 9.17) is 9.15 Å². The van der Waals surface area contributed by atoms with Crippen molar-refractivity contribution in [1.82, 2.24) is 9.97 Å². The molecule has 4 aromatic rings. The topological polar surface area (TPSA) is 65.2 Å². The summed E-state index contributed by atoms with van der Waals surface area (Å²) in [4.78, 5) is 23.1. The highest BCUT2D eigenvalue weighted by Gasteiger charge is 2.24. The lowest BCUT2D eigenvalue weighted by Crippen LogP contribution is -2.08. The second-order valence-electron chi connectivity index (χ2n) is 7.16. The van der Waals surface area contributed by atoms with Crippen molar-refractivity contribution in [2.75, 3.05) is 0 Å². The maximum atomic E-state index is 11.5. The zero-order valence-corrected chi connectivity index (χ0v) is 15.9. The van der Waals surface area contributed by atoms with Crippen LogP contribution in [0.2, 0.25) is 0 Å². The first-order chi connectivity index (χ1) is 13.1. The number of hydrogen-bond acceptors (Lipinski definition) is 6. The third-order valence-corrected chi connectivity index (χ3v) is 6.19. The Morgan fingerprint density at radius 3 is 2.96 bits per heavy atom. The molecule has 0 amide bonds. The molecule has 0 aliphatic heterocycles. The maximum Gasteiger partial charge on any atom is 0.336 e. The summed E-state index contributed by atoms with van der Waals surface area (Å²) in [6, 6.07) is 8.64. The second kappa shape index (κ2) is 6.16. The van der Waals surface area contributed by atoms with Crippen LogP contribution < -0.4 is 10.4 Å². The first-order valence-corrected chi connectivity index (χ1v) is 9.89. The van der Waals surface area contributed by atoms with Crippen LogP contribution in [-0.2, 0) is 12.8 Å². The van der Waals surface area contributed by atoms with Crippen LogP contribution in [0.15, 0.2) is 39.5 Å². The Kier molecular flexibility index (Phi) is 3.75. The molecule has 3 aromatic heterocycles. The van der Waals surface area contributed by atoms with E-state index in [1.165, 1.54) is 22.9 Å².